The van der Waals surface area contributed by atoms with Crippen LogP contribution < -0.4 is 10.6 Å². The molecule has 1 heterocycles. The second kappa shape index (κ2) is 7.82. The van der Waals surface area contributed by atoms with Gasteiger partial charge in [-0.1, -0.05) is 30.3 Å². The van der Waals surface area contributed by atoms with Crippen LogP contribution in [0.3, 0.4) is 0 Å². The third-order valence-corrected chi connectivity index (χ3v) is 4.03. The highest BCUT2D eigenvalue weighted by atomic mass is 19.1. The first kappa shape index (κ1) is 17.7. The minimum Gasteiger partial charge on any atom is -0.338 e. The Hall–Kier alpha value is -3.15. The van der Waals surface area contributed by atoms with Crippen molar-refractivity contribution in [1.82, 2.24) is 15.1 Å². The first-order valence-corrected chi connectivity index (χ1v) is 8.45. The fourth-order valence-electron chi connectivity index (χ4n) is 2.82. The summed E-state index contributed by atoms with van der Waals surface area (Å²) in [5, 5.41) is 10.1. The maximum Gasteiger partial charge on any atom is 0.319 e. The number of nitrogens with one attached hydrogen (secondary N) is 2. The lowest BCUT2D eigenvalue weighted by molar-refractivity contribution is 0.252. The van der Waals surface area contributed by atoms with Gasteiger partial charge in [0.1, 0.15) is 5.82 Å². The second-order valence-corrected chi connectivity index (χ2v) is 6.08. The summed E-state index contributed by atoms with van der Waals surface area (Å²) in [6.07, 6.45) is 0.430. The van der Waals surface area contributed by atoms with Crippen molar-refractivity contribution in [2.45, 2.75) is 20.3 Å². The van der Waals surface area contributed by atoms with Crippen LogP contribution in [0, 0.1) is 19.7 Å². The fourth-order valence-corrected chi connectivity index (χ4v) is 2.82. The molecule has 3 rings (SSSR count). The number of amides is 2. The maximum absolute atomic E-state index is 13.6. The molecule has 0 aliphatic rings. The van der Waals surface area contributed by atoms with E-state index in [4.69, 9.17) is 0 Å². The van der Waals surface area contributed by atoms with E-state index in [0.29, 0.717) is 24.2 Å². The third-order valence-electron chi connectivity index (χ3n) is 4.03. The van der Waals surface area contributed by atoms with Gasteiger partial charge >= 0.3 is 6.03 Å². The molecule has 2 N–H and O–H groups in total. The van der Waals surface area contributed by atoms with Crippen molar-refractivity contribution in [1.29, 1.82) is 0 Å². The van der Waals surface area contributed by atoms with Gasteiger partial charge in [-0.05, 0) is 50.1 Å². The Labute approximate surface area is 151 Å². The van der Waals surface area contributed by atoms with Crippen LogP contribution in [0.15, 0.2) is 54.6 Å². The molecular weight excluding hydrogens is 331 g/mol. The van der Waals surface area contributed by atoms with Crippen LogP contribution in [0.25, 0.3) is 5.69 Å². The lowest BCUT2D eigenvalue weighted by Crippen LogP contribution is -2.31. The SMILES string of the molecule is Cc1cc(C)n(-c2ccccc2NC(=O)NCCc2ccccc2F)n1. The standard InChI is InChI=1S/C20H21FN4O/c1-14-13-15(2)25(24-14)19-10-6-5-9-18(19)23-20(26)22-12-11-16-7-3-4-8-17(16)21/h3-10,13H,11-12H2,1-2H3,(H2,22,23,26). The zero-order valence-electron chi connectivity index (χ0n) is 14.8. The Morgan fingerprint density at radius 2 is 1.85 bits per heavy atom. The Balaban J connectivity index is 1.65. The molecule has 134 valence electrons. The molecule has 5 nitrogen and oxygen atoms in total. The predicted octanol–water partition coefficient (Wildman–Crippen LogP) is 3.99. The summed E-state index contributed by atoms with van der Waals surface area (Å²) in [6, 6.07) is 15.7. The molecule has 3 aromatic rings. The van der Waals surface area contributed by atoms with Gasteiger partial charge in [0.25, 0.3) is 0 Å². The molecule has 0 saturated heterocycles. The molecule has 2 aromatic carbocycles. The van der Waals surface area contributed by atoms with E-state index in [9.17, 15) is 9.18 Å². The highest BCUT2D eigenvalue weighted by Crippen LogP contribution is 2.21. The average molecular weight is 352 g/mol. The predicted molar refractivity (Wildman–Crippen MR) is 100 cm³/mol. The van der Waals surface area contributed by atoms with Gasteiger partial charge in [-0.2, -0.15) is 5.10 Å². The molecule has 0 bridgehead atoms. The smallest absolute Gasteiger partial charge is 0.319 e. The number of carbonyl (C=O) groups excluding carboxylic acids is 1. The molecule has 0 atom stereocenters. The lowest BCUT2D eigenvalue weighted by atomic mass is 10.1. The highest BCUT2D eigenvalue weighted by Gasteiger charge is 2.11. The van der Waals surface area contributed by atoms with E-state index in [0.717, 1.165) is 17.1 Å². The van der Waals surface area contributed by atoms with Crippen LogP contribution in [0.2, 0.25) is 0 Å². The summed E-state index contributed by atoms with van der Waals surface area (Å²) in [7, 11) is 0. The minimum atomic E-state index is -0.338. The normalized spacial score (nSPS) is 10.6. The van der Waals surface area contributed by atoms with Crippen molar-refractivity contribution in [3.63, 3.8) is 0 Å². The second-order valence-electron chi connectivity index (χ2n) is 6.08. The van der Waals surface area contributed by atoms with Crippen molar-refractivity contribution in [3.8, 4) is 5.69 Å². The summed E-state index contributed by atoms with van der Waals surface area (Å²) in [5.41, 5.74) is 3.92. The van der Waals surface area contributed by atoms with Gasteiger partial charge < -0.3 is 10.6 Å². The van der Waals surface area contributed by atoms with Crippen molar-refractivity contribution >= 4 is 11.7 Å². The Morgan fingerprint density at radius 3 is 2.58 bits per heavy atom. The van der Waals surface area contributed by atoms with E-state index in [-0.39, 0.29) is 11.8 Å². The topological polar surface area (TPSA) is 59.0 Å². The summed E-state index contributed by atoms with van der Waals surface area (Å²) in [5.74, 6) is -0.260. The van der Waals surface area contributed by atoms with Gasteiger partial charge in [0, 0.05) is 12.2 Å². The highest BCUT2D eigenvalue weighted by molar-refractivity contribution is 5.91. The van der Waals surface area contributed by atoms with Crippen molar-refractivity contribution in [3.05, 3.63) is 77.4 Å². The zero-order chi connectivity index (χ0) is 18.5. The number of urea groups is 1. The first-order chi connectivity index (χ1) is 12.5. The average Bonchev–Trinajstić information content (AvgIpc) is 2.95. The van der Waals surface area contributed by atoms with Gasteiger partial charge in [0.05, 0.1) is 17.1 Å². The molecule has 26 heavy (non-hydrogen) atoms. The number of carbonyl (C=O) groups is 1. The fraction of sp³-hybridized carbons (Fsp3) is 0.200. The van der Waals surface area contributed by atoms with Gasteiger partial charge in [0.15, 0.2) is 0 Å². The molecule has 6 heteroatoms. The van der Waals surface area contributed by atoms with Gasteiger partial charge in [-0.25, -0.2) is 13.9 Å². The number of rotatable bonds is 5. The molecule has 2 amide bonds. The Bertz CT molecular complexity index is 920. The molecule has 0 aliphatic heterocycles. The van der Waals surface area contributed by atoms with Crippen LogP contribution >= 0.6 is 0 Å². The summed E-state index contributed by atoms with van der Waals surface area (Å²) in [6.45, 7) is 4.23. The maximum atomic E-state index is 13.6. The number of aryl methyl sites for hydroxylation is 2. The van der Waals surface area contributed by atoms with Crippen LogP contribution in [-0.2, 0) is 6.42 Å². The van der Waals surface area contributed by atoms with Crippen LogP contribution in [0.5, 0.6) is 0 Å². The summed E-state index contributed by atoms with van der Waals surface area (Å²) >= 11 is 0. The first-order valence-electron chi connectivity index (χ1n) is 8.45. The lowest BCUT2D eigenvalue weighted by Gasteiger charge is -2.13. The summed E-state index contributed by atoms with van der Waals surface area (Å²) in [4.78, 5) is 12.2. The number of hydrogen-bond acceptors (Lipinski definition) is 2. The molecular formula is C20H21FN4O. The quantitative estimate of drug-likeness (QED) is 0.729. The van der Waals surface area contributed by atoms with E-state index in [1.54, 1.807) is 22.9 Å². The molecule has 0 spiro atoms. The molecule has 0 saturated carbocycles. The minimum absolute atomic E-state index is 0.260. The van der Waals surface area contributed by atoms with Gasteiger partial charge in [0.2, 0.25) is 0 Å². The van der Waals surface area contributed by atoms with Crippen molar-refractivity contribution in [2.75, 3.05) is 11.9 Å². The summed E-state index contributed by atoms with van der Waals surface area (Å²) < 4.78 is 15.4. The van der Waals surface area contributed by atoms with Crippen LogP contribution in [0.4, 0.5) is 14.9 Å². The molecule has 1 aromatic heterocycles. The number of benzene rings is 2. The molecule has 0 radical (unpaired) electrons. The largest absolute Gasteiger partial charge is 0.338 e. The number of anilines is 1. The van der Waals surface area contributed by atoms with Gasteiger partial charge in [-0.15, -0.1) is 0 Å². The number of hydrogen-bond donors (Lipinski definition) is 2. The van der Waals surface area contributed by atoms with E-state index >= 15 is 0 Å². The Kier molecular flexibility index (Phi) is 5.31. The van der Waals surface area contributed by atoms with Crippen LogP contribution in [-0.4, -0.2) is 22.4 Å². The number of aromatic nitrogens is 2. The van der Waals surface area contributed by atoms with E-state index in [1.807, 2.05) is 44.2 Å². The van der Waals surface area contributed by atoms with Crippen LogP contribution in [0.1, 0.15) is 17.0 Å². The molecule has 0 fully saturated rings. The number of para-hydroxylation sites is 2. The molecule has 0 unspecified atom stereocenters. The zero-order valence-corrected chi connectivity index (χ0v) is 14.8. The monoisotopic (exact) mass is 352 g/mol. The van der Waals surface area contributed by atoms with E-state index < -0.39 is 0 Å². The Morgan fingerprint density at radius 1 is 1.12 bits per heavy atom. The van der Waals surface area contributed by atoms with Crippen molar-refractivity contribution in [2.24, 2.45) is 0 Å². The number of halogens is 1. The van der Waals surface area contributed by atoms with E-state index in [1.165, 1.54) is 6.07 Å². The number of nitrogens with zero attached hydrogens (tertiary/aromatic N) is 2. The molecule has 0 aliphatic carbocycles. The van der Waals surface area contributed by atoms with E-state index in [2.05, 4.69) is 15.7 Å². The van der Waals surface area contributed by atoms with Gasteiger partial charge in [-0.3, -0.25) is 0 Å². The van der Waals surface area contributed by atoms with Crippen molar-refractivity contribution < 1.29 is 9.18 Å². The third kappa shape index (κ3) is 4.08.